The number of aryl methyl sites for hydroxylation is 2. The Morgan fingerprint density at radius 1 is 1.16 bits per heavy atom. The fourth-order valence-electron chi connectivity index (χ4n) is 3.86. The smallest absolute Gasteiger partial charge is 0.248 e. The van der Waals surface area contributed by atoms with E-state index in [9.17, 15) is 8.42 Å². The number of rotatable bonds is 3. The summed E-state index contributed by atoms with van der Waals surface area (Å²) in [6.45, 7) is 6.03. The molecule has 0 bridgehead atoms. The van der Waals surface area contributed by atoms with Crippen LogP contribution in [0.4, 0.5) is 5.82 Å². The van der Waals surface area contributed by atoms with Gasteiger partial charge in [0.1, 0.15) is 16.4 Å². The summed E-state index contributed by atoms with van der Waals surface area (Å²) in [4.78, 5) is 6.90. The highest BCUT2D eigenvalue weighted by Crippen LogP contribution is 2.37. The Morgan fingerprint density at radius 3 is 2.36 bits per heavy atom. The molecule has 4 rings (SSSR count). The van der Waals surface area contributed by atoms with Crippen LogP contribution in [0.5, 0.6) is 0 Å². The Kier molecular flexibility index (Phi) is 4.12. The van der Waals surface area contributed by atoms with E-state index in [2.05, 4.69) is 31.0 Å². The summed E-state index contributed by atoms with van der Waals surface area (Å²) in [6, 6.07) is 3.97. The van der Waals surface area contributed by atoms with Gasteiger partial charge in [-0.2, -0.15) is 4.31 Å². The lowest BCUT2D eigenvalue weighted by atomic mass is 10.0. The van der Waals surface area contributed by atoms with Crippen LogP contribution in [0.25, 0.3) is 0 Å². The molecule has 0 amide bonds. The number of sulfonamides is 1. The zero-order valence-corrected chi connectivity index (χ0v) is 16.4. The van der Waals surface area contributed by atoms with E-state index in [4.69, 9.17) is 4.52 Å². The number of hydrogen-bond acceptors (Lipinski definition) is 6. The van der Waals surface area contributed by atoms with Crippen molar-refractivity contribution in [2.45, 2.75) is 18.7 Å². The minimum absolute atomic E-state index is 0.221. The van der Waals surface area contributed by atoms with Gasteiger partial charge in [-0.25, -0.2) is 13.4 Å². The van der Waals surface area contributed by atoms with E-state index in [-0.39, 0.29) is 4.90 Å². The minimum Gasteiger partial charge on any atom is -0.360 e. The first-order chi connectivity index (χ1) is 11.9. The van der Waals surface area contributed by atoms with Crippen molar-refractivity contribution < 1.29 is 12.9 Å². The standard InChI is InChI=1S/C16H19BrN4O3S/c1-10-16(11(2)24-19-10)25(22,23)21-8-12-6-20(7-13(12)9-21)15-4-3-14(17)5-18-15/h3-5,12-13H,6-9H2,1-2H3. The Bertz CT molecular complexity index is 863. The fraction of sp³-hybridized carbons (Fsp3) is 0.500. The first kappa shape index (κ1) is 17.0. The molecule has 0 N–H and O–H groups in total. The lowest BCUT2D eigenvalue weighted by Gasteiger charge is -2.22. The van der Waals surface area contributed by atoms with Crippen LogP contribution in [0.3, 0.4) is 0 Å². The second-order valence-corrected chi connectivity index (χ2v) is 9.53. The van der Waals surface area contributed by atoms with E-state index in [0.29, 0.717) is 36.4 Å². The summed E-state index contributed by atoms with van der Waals surface area (Å²) in [5.74, 6) is 1.94. The molecule has 2 aromatic heterocycles. The largest absolute Gasteiger partial charge is 0.360 e. The van der Waals surface area contributed by atoms with E-state index < -0.39 is 10.0 Å². The average Bonchev–Trinajstić information content (AvgIpc) is 3.21. The molecule has 0 spiro atoms. The molecule has 0 aliphatic carbocycles. The highest BCUT2D eigenvalue weighted by Gasteiger charge is 2.45. The number of hydrogen-bond donors (Lipinski definition) is 0. The zero-order valence-electron chi connectivity index (χ0n) is 14.0. The maximum atomic E-state index is 13.0. The van der Waals surface area contributed by atoms with Crippen LogP contribution in [0, 0.1) is 25.7 Å². The van der Waals surface area contributed by atoms with Gasteiger partial charge in [-0.05, 0) is 53.7 Å². The first-order valence-corrected chi connectivity index (χ1v) is 10.4. The van der Waals surface area contributed by atoms with Crippen LogP contribution in [0.1, 0.15) is 11.5 Å². The van der Waals surface area contributed by atoms with E-state index >= 15 is 0 Å². The van der Waals surface area contributed by atoms with E-state index in [1.165, 1.54) is 0 Å². The average molecular weight is 427 g/mol. The summed E-state index contributed by atoms with van der Waals surface area (Å²) in [7, 11) is -3.55. The van der Waals surface area contributed by atoms with E-state index in [1.807, 2.05) is 12.1 Å². The molecule has 25 heavy (non-hydrogen) atoms. The third-order valence-corrected chi connectivity index (χ3v) is 7.60. The third kappa shape index (κ3) is 2.88. The SMILES string of the molecule is Cc1noc(C)c1S(=O)(=O)N1CC2CN(c3ccc(Br)cn3)CC2C1. The summed E-state index contributed by atoms with van der Waals surface area (Å²) in [6.07, 6.45) is 1.79. The van der Waals surface area contributed by atoms with Gasteiger partial charge >= 0.3 is 0 Å². The molecular formula is C16H19BrN4O3S. The predicted molar refractivity (Wildman–Crippen MR) is 95.9 cm³/mol. The molecule has 2 aromatic rings. The molecular weight excluding hydrogens is 408 g/mol. The first-order valence-electron chi connectivity index (χ1n) is 8.16. The molecule has 134 valence electrons. The number of nitrogens with zero attached hydrogens (tertiary/aromatic N) is 4. The topological polar surface area (TPSA) is 79.5 Å². The van der Waals surface area contributed by atoms with Gasteiger partial charge in [0.15, 0.2) is 5.76 Å². The normalized spacial score (nSPS) is 24.0. The van der Waals surface area contributed by atoms with Crippen LogP contribution in [-0.2, 0) is 10.0 Å². The van der Waals surface area contributed by atoms with Gasteiger partial charge in [0.05, 0.1) is 0 Å². The van der Waals surface area contributed by atoms with Gasteiger partial charge in [0.2, 0.25) is 10.0 Å². The van der Waals surface area contributed by atoms with Gasteiger partial charge in [0, 0.05) is 36.8 Å². The van der Waals surface area contributed by atoms with Crippen LogP contribution in [0.15, 0.2) is 32.2 Å². The Labute approximate surface area is 155 Å². The fourth-order valence-corrected chi connectivity index (χ4v) is 5.94. The number of halogens is 1. The van der Waals surface area contributed by atoms with Crippen molar-refractivity contribution in [3.63, 3.8) is 0 Å². The molecule has 2 fully saturated rings. The van der Waals surface area contributed by atoms with Crippen molar-refractivity contribution in [2.75, 3.05) is 31.1 Å². The van der Waals surface area contributed by atoms with Crippen LogP contribution < -0.4 is 4.90 Å². The van der Waals surface area contributed by atoms with Gasteiger partial charge in [-0.1, -0.05) is 5.16 Å². The molecule has 0 aromatic carbocycles. The Hall–Kier alpha value is -1.45. The van der Waals surface area contributed by atoms with Gasteiger partial charge in [0.25, 0.3) is 0 Å². The molecule has 2 unspecified atom stereocenters. The molecule has 0 saturated carbocycles. The summed E-state index contributed by atoms with van der Waals surface area (Å²) < 4.78 is 33.5. The van der Waals surface area contributed by atoms with Crippen molar-refractivity contribution >= 4 is 31.8 Å². The van der Waals surface area contributed by atoms with Crippen molar-refractivity contribution in [3.05, 3.63) is 34.3 Å². The molecule has 2 aliphatic rings. The molecule has 2 atom stereocenters. The zero-order chi connectivity index (χ0) is 17.8. The number of anilines is 1. The van der Waals surface area contributed by atoms with Gasteiger partial charge in [-0.3, -0.25) is 0 Å². The van der Waals surface area contributed by atoms with Crippen LogP contribution in [-0.4, -0.2) is 49.0 Å². The minimum atomic E-state index is -3.55. The lowest BCUT2D eigenvalue weighted by Crippen LogP contribution is -2.34. The molecule has 0 radical (unpaired) electrons. The van der Waals surface area contributed by atoms with Crippen molar-refractivity contribution in [3.8, 4) is 0 Å². The van der Waals surface area contributed by atoms with Crippen LogP contribution >= 0.6 is 15.9 Å². The molecule has 7 nitrogen and oxygen atoms in total. The quantitative estimate of drug-likeness (QED) is 0.748. The van der Waals surface area contributed by atoms with Crippen molar-refractivity contribution in [1.82, 2.24) is 14.4 Å². The molecule has 2 aliphatic heterocycles. The number of pyridine rings is 1. The van der Waals surface area contributed by atoms with E-state index in [1.54, 1.807) is 24.3 Å². The highest BCUT2D eigenvalue weighted by molar-refractivity contribution is 9.10. The molecule has 9 heteroatoms. The van der Waals surface area contributed by atoms with E-state index in [0.717, 1.165) is 23.4 Å². The molecule has 4 heterocycles. The highest BCUT2D eigenvalue weighted by atomic mass is 79.9. The van der Waals surface area contributed by atoms with Crippen LogP contribution in [0.2, 0.25) is 0 Å². The Morgan fingerprint density at radius 2 is 1.84 bits per heavy atom. The predicted octanol–water partition coefficient (Wildman–Crippen LogP) is 2.21. The second-order valence-electron chi connectivity index (χ2n) is 6.74. The lowest BCUT2D eigenvalue weighted by molar-refractivity contribution is 0.389. The summed E-state index contributed by atoms with van der Waals surface area (Å²) in [5, 5.41) is 3.78. The maximum absolute atomic E-state index is 13.0. The second kappa shape index (κ2) is 6.07. The summed E-state index contributed by atoms with van der Waals surface area (Å²) in [5.41, 5.74) is 0.426. The van der Waals surface area contributed by atoms with Gasteiger partial charge in [-0.15, -0.1) is 0 Å². The number of aromatic nitrogens is 2. The summed E-state index contributed by atoms with van der Waals surface area (Å²) >= 11 is 3.40. The van der Waals surface area contributed by atoms with Gasteiger partial charge < -0.3 is 9.42 Å². The maximum Gasteiger partial charge on any atom is 0.248 e. The molecule has 2 saturated heterocycles. The van der Waals surface area contributed by atoms with Crippen molar-refractivity contribution in [2.24, 2.45) is 11.8 Å². The third-order valence-electron chi connectivity index (χ3n) is 5.05. The van der Waals surface area contributed by atoms with Crippen molar-refractivity contribution in [1.29, 1.82) is 0 Å². The Balaban J connectivity index is 1.50. The number of fused-ring (bicyclic) bond motifs is 1. The monoisotopic (exact) mass is 426 g/mol.